The Balaban J connectivity index is 1.87. The van der Waals surface area contributed by atoms with Crippen LogP contribution in [0.1, 0.15) is 13.3 Å². The van der Waals surface area contributed by atoms with Gasteiger partial charge in [0.15, 0.2) is 7.98 Å². The van der Waals surface area contributed by atoms with Crippen LogP contribution in [0.2, 0.25) is 0 Å². The molecule has 1 aliphatic heterocycles. The summed E-state index contributed by atoms with van der Waals surface area (Å²) in [5.74, 6) is 0. The van der Waals surface area contributed by atoms with E-state index in [0.717, 1.165) is 11.3 Å². The first-order valence-electron chi connectivity index (χ1n) is 6.58. The molecule has 2 atom stereocenters. The van der Waals surface area contributed by atoms with Crippen molar-refractivity contribution in [1.82, 2.24) is 4.81 Å². The van der Waals surface area contributed by atoms with Gasteiger partial charge in [0.2, 0.25) is 0 Å². The number of benzene rings is 2. The van der Waals surface area contributed by atoms with Gasteiger partial charge in [-0.1, -0.05) is 43.3 Å². The Morgan fingerprint density at radius 2 is 1.94 bits per heavy atom. The Bertz CT molecular complexity index is 542. The molecule has 18 heavy (non-hydrogen) atoms. The molecule has 0 N–H and O–H groups in total. The van der Waals surface area contributed by atoms with Gasteiger partial charge in [-0.2, -0.15) is 0 Å². The summed E-state index contributed by atoms with van der Waals surface area (Å²) in [6, 6.07) is 16.0. The largest absolute Gasteiger partial charge is 0.345 e. The molecule has 0 aromatic heterocycles. The number of thioether (sulfide) groups is 1. The van der Waals surface area contributed by atoms with Crippen LogP contribution in [0.4, 0.5) is 0 Å². The molecule has 92 valence electrons. The molecular formula is C15H18BNS. The SMILES string of the molecule is BN1C[C@H](Sc2cccc3ccccc23)C[C@H]1C. The normalized spacial score (nSPS) is 24.7. The zero-order valence-corrected chi connectivity index (χ0v) is 11.8. The fourth-order valence-electron chi connectivity index (χ4n) is 2.70. The number of fused-ring (bicyclic) bond motifs is 1. The number of rotatable bonds is 2. The van der Waals surface area contributed by atoms with Crippen molar-refractivity contribution in [1.29, 1.82) is 0 Å². The van der Waals surface area contributed by atoms with E-state index in [1.54, 1.807) is 0 Å². The maximum Gasteiger partial charge on any atom is 0.185 e. The summed E-state index contributed by atoms with van der Waals surface area (Å²) < 4.78 is 0. The molecule has 0 spiro atoms. The lowest BCUT2D eigenvalue weighted by Crippen LogP contribution is -2.23. The van der Waals surface area contributed by atoms with E-state index in [-0.39, 0.29) is 0 Å². The molecule has 3 rings (SSSR count). The predicted molar refractivity (Wildman–Crippen MR) is 82.9 cm³/mol. The van der Waals surface area contributed by atoms with Crippen molar-refractivity contribution in [3.63, 3.8) is 0 Å². The number of hydrogen-bond acceptors (Lipinski definition) is 2. The lowest BCUT2D eigenvalue weighted by molar-refractivity contribution is 0.450. The van der Waals surface area contributed by atoms with E-state index in [9.17, 15) is 0 Å². The lowest BCUT2D eigenvalue weighted by atomic mass is 10.1. The molecule has 1 fully saturated rings. The summed E-state index contributed by atoms with van der Waals surface area (Å²) in [4.78, 5) is 3.89. The Morgan fingerprint density at radius 1 is 1.17 bits per heavy atom. The molecule has 1 nitrogen and oxygen atoms in total. The first kappa shape index (κ1) is 12.1. The molecule has 0 unspecified atom stereocenters. The highest BCUT2D eigenvalue weighted by Gasteiger charge is 2.26. The third-order valence-corrected chi connectivity index (χ3v) is 5.18. The third kappa shape index (κ3) is 2.29. The predicted octanol–water partition coefficient (Wildman–Crippen LogP) is 2.94. The molecule has 0 radical (unpaired) electrons. The quantitative estimate of drug-likeness (QED) is 0.759. The van der Waals surface area contributed by atoms with Crippen LogP contribution in [0, 0.1) is 0 Å². The second-order valence-corrected chi connectivity index (χ2v) is 6.58. The summed E-state index contributed by atoms with van der Waals surface area (Å²) in [7, 11) is 2.23. The highest BCUT2D eigenvalue weighted by molar-refractivity contribution is 8.00. The summed E-state index contributed by atoms with van der Waals surface area (Å²) in [5.41, 5.74) is 0. The molecule has 0 saturated carbocycles. The Hall–Kier alpha value is -0.925. The van der Waals surface area contributed by atoms with E-state index in [1.165, 1.54) is 28.6 Å². The fraction of sp³-hybridized carbons (Fsp3) is 0.333. The van der Waals surface area contributed by atoms with Crippen molar-refractivity contribution < 1.29 is 0 Å². The topological polar surface area (TPSA) is 3.24 Å². The summed E-state index contributed by atoms with van der Waals surface area (Å²) >= 11 is 2.05. The highest BCUT2D eigenvalue weighted by atomic mass is 32.2. The van der Waals surface area contributed by atoms with Crippen LogP contribution >= 0.6 is 11.8 Å². The number of hydrogen-bond donors (Lipinski definition) is 0. The average Bonchev–Trinajstić information content (AvgIpc) is 2.69. The fourth-order valence-corrected chi connectivity index (χ4v) is 4.21. The minimum Gasteiger partial charge on any atom is -0.345 e. The van der Waals surface area contributed by atoms with Crippen molar-refractivity contribution in [2.45, 2.75) is 29.5 Å². The van der Waals surface area contributed by atoms with Gasteiger partial charge in [0.1, 0.15) is 0 Å². The minimum atomic E-state index is 0.720. The van der Waals surface area contributed by atoms with Crippen LogP contribution in [0.3, 0.4) is 0 Å². The Kier molecular flexibility index (Phi) is 3.36. The third-order valence-electron chi connectivity index (χ3n) is 3.89. The van der Waals surface area contributed by atoms with Gasteiger partial charge in [-0.15, -0.1) is 11.8 Å². The number of nitrogens with zero attached hydrogens (tertiary/aromatic N) is 1. The van der Waals surface area contributed by atoms with Crippen molar-refractivity contribution in [2.24, 2.45) is 0 Å². The molecule has 0 amide bonds. The van der Waals surface area contributed by atoms with E-state index in [0.29, 0.717) is 0 Å². The molecule has 1 aliphatic rings. The van der Waals surface area contributed by atoms with Crippen molar-refractivity contribution in [2.75, 3.05) is 6.54 Å². The first-order chi connectivity index (χ1) is 8.74. The van der Waals surface area contributed by atoms with E-state index >= 15 is 0 Å². The second-order valence-electron chi connectivity index (χ2n) is 5.24. The van der Waals surface area contributed by atoms with Gasteiger partial charge in [-0.25, -0.2) is 0 Å². The van der Waals surface area contributed by atoms with Crippen LogP contribution in [-0.4, -0.2) is 30.6 Å². The molecule has 3 heteroatoms. The maximum atomic E-state index is 2.46. The van der Waals surface area contributed by atoms with Gasteiger partial charge >= 0.3 is 0 Å². The molecular weight excluding hydrogens is 237 g/mol. The van der Waals surface area contributed by atoms with Crippen molar-refractivity contribution in [3.8, 4) is 0 Å². The maximum absolute atomic E-state index is 2.46. The van der Waals surface area contributed by atoms with Crippen LogP contribution in [0.25, 0.3) is 10.8 Å². The van der Waals surface area contributed by atoms with E-state index < -0.39 is 0 Å². The van der Waals surface area contributed by atoms with Crippen LogP contribution < -0.4 is 0 Å². The zero-order valence-electron chi connectivity index (χ0n) is 11.0. The lowest BCUT2D eigenvalue weighted by Gasteiger charge is -2.13. The van der Waals surface area contributed by atoms with Gasteiger partial charge < -0.3 is 4.81 Å². The van der Waals surface area contributed by atoms with Gasteiger partial charge in [-0.3, -0.25) is 0 Å². The minimum absolute atomic E-state index is 0.720. The molecule has 2 aromatic rings. The van der Waals surface area contributed by atoms with Crippen LogP contribution in [-0.2, 0) is 0 Å². The summed E-state index contributed by atoms with van der Waals surface area (Å²) in [5, 5.41) is 3.48. The molecule has 2 aromatic carbocycles. The molecule has 0 bridgehead atoms. The van der Waals surface area contributed by atoms with E-state index in [1.807, 2.05) is 11.8 Å². The zero-order chi connectivity index (χ0) is 12.5. The molecule has 1 saturated heterocycles. The van der Waals surface area contributed by atoms with E-state index in [2.05, 4.69) is 62.2 Å². The van der Waals surface area contributed by atoms with Crippen LogP contribution in [0.5, 0.6) is 0 Å². The first-order valence-corrected chi connectivity index (χ1v) is 7.46. The van der Waals surface area contributed by atoms with Gasteiger partial charge in [0, 0.05) is 10.1 Å². The highest BCUT2D eigenvalue weighted by Crippen LogP contribution is 2.35. The van der Waals surface area contributed by atoms with Gasteiger partial charge in [0.25, 0.3) is 0 Å². The standard InChI is InChI=1S/C15H18BNS/c1-11-9-13(10-17(11)16)18-15-8-4-6-12-5-2-3-7-14(12)15/h2-8,11,13H,9-10,16H2,1H3/t11-,13-/m1/s1. The van der Waals surface area contributed by atoms with Gasteiger partial charge in [-0.05, 0) is 35.8 Å². The molecule has 0 aliphatic carbocycles. The second kappa shape index (κ2) is 4.98. The smallest absolute Gasteiger partial charge is 0.185 e. The summed E-state index contributed by atoms with van der Waals surface area (Å²) in [6.45, 7) is 3.53. The monoisotopic (exact) mass is 255 g/mol. The molecule has 1 heterocycles. The van der Waals surface area contributed by atoms with Crippen molar-refractivity contribution >= 4 is 30.5 Å². The summed E-state index contributed by atoms with van der Waals surface area (Å²) in [6.07, 6.45) is 1.30. The van der Waals surface area contributed by atoms with Gasteiger partial charge in [0.05, 0.1) is 0 Å². The Labute approximate surface area is 114 Å². The van der Waals surface area contributed by atoms with Crippen molar-refractivity contribution in [3.05, 3.63) is 42.5 Å². The average molecular weight is 255 g/mol. The van der Waals surface area contributed by atoms with E-state index in [4.69, 9.17) is 0 Å². The van der Waals surface area contributed by atoms with Crippen LogP contribution in [0.15, 0.2) is 47.4 Å². The Morgan fingerprint density at radius 3 is 2.72 bits per heavy atom.